The lowest BCUT2D eigenvalue weighted by Gasteiger charge is -2.30. The van der Waals surface area contributed by atoms with Crippen LogP contribution in [0.2, 0.25) is 0 Å². The Hall–Kier alpha value is -1.92. The number of ether oxygens (including phenoxy) is 3. The second-order valence-corrected chi connectivity index (χ2v) is 14.2. The van der Waals surface area contributed by atoms with Gasteiger partial charge in [-0.25, -0.2) is 13.6 Å². The topological polar surface area (TPSA) is 163 Å². The molecule has 6 N–H and O–H groups in total. The number of hydrogen-bond donors (Lipinski definition) is 4. The first-order valence-corrected chi connectivity index (χ1v) is 15.6. The van der Waals surface area contributed by atoms with Crippen LogP contribution in [0.5, 0.6) is 11.5 Å². The number of aliphatic hydroxyl groups excluding tert-OH is 1. The maximum atomic E-state index is 13.0. The Morgan fingerprint density at radius 2 is 1.70 bits per heavy atom. The average molecular weight is 588 g/mol. The third-order valence-electron chi connectivity index (χ3n) is 7.58. The zero-order chi connectivity index (χ0) is 30.7. The maximum absolute atomic E-state index is 13.0. The summed E-state index contributed by atoms with van der Waals surface area (Å²) in [5.74, 6) is 0.891. The summed E-state index contributed by atoms with van der Waals surface area (Å²) in [6, 6.07) is 5.37. The van der Waals surface area contributed by atoms with Crippen LogP contribution in [0.4, 0.5) is 0 Å². The number of sulfonamides is 1. The number of carbonyl (C=O) groups is 1. The number of aliphatic hydroxyl groups is 1. The summed E-state index contributed by atoms with van der Waals surface area (Å²) < 4.78 is 38.8. The van der Waals surface area contributed by atoms with Crippen molar-refractivity contribution in [2.24, 2.45) is 34.5 Å². The first-order chi connectivity index (χ1) is 18.5. The number of nitrogens with one attached hydrogen (secondary N) is 1. The SMILES string of the molecule is COCCCOc1cc(C[C@@H](C[C@H](N)[C@@H](O)C[C@H](C(=O)NCC(C)(C)S(N)(=O)=O)C(C)C)C(C)C)ccc1OC. The number of benzene rings is 1. The van der Waals surface area contributed by atoms with E-state index in [1.165, 1.54) is 13.8 Å². The molecule has 0 spiro atoms. The summed E-state index contributed by atoms with van der Waals surface area (Å²) in [5, 5.41) is 19.0. The van der Waals surface area contributed by atoms with Crippen molar-refractivity contribution in [2.75, 3.05) is 34.0 Å². The highest BCUT2D eigenvalue weighted by molar-refractivity contribution is 7.90. The van der Waals surface area contributed by atoms with Gasteiger partial charge in [-0.1, -0.05) is 33.8 Å². The largest absolute Gasteiger partial charge is 0.493 e. The van der Waals surface area contributed by atoms with Gasteiger partial charge in [0.1, 0.15) is 0 Å². The van der Waals surface area contributed by atoms with E-state index in [2.05, 4.69) is 19.2 Å². The van der Waals surface area contributed by atoms with Gasteiger partial charge in [0, 0.05) is 38.6 Å². The van der Waals surface area contributed by atoms with Crippen molar-refractivity contribution in [3.63, 3.8) is 0 Å². The quantitative estimate of drug-likeness (QED) is 0.180. The summed E-state index contributed by atoms with van der Waals surface area (Å²) in [5.41, 5.74) is 7.58. The second-order valence-electron chi connectivity index (χ2n) is 12.0. The molecule has 0 bridgehead atoms. The summed E-state index contributed by atoms with van der Waals surface area (Å²) in [6.07, 6.45) is 1.35. The van der Waals surface area contributed by atoms with Crippen LogP contribution in [0.1, 0.15) is 66.4 Å². The number of amides is 1. The number of hydrogen-bond acceptors (Lipinski definition) is 8. The van der Waals surface area contributed by atoms with E-state index in [1.807, 2.05) is 32.0 Å². The smallest absolute Gasteiger partial charge is 0.223 e. The highest BCUT2D eigenvalue weighted by atomic mass is 32.2. The molecule has 0 saturated carbocycles. The van der Waals surface area contributed by atoms with Crippen molar-refractivity contribution in [2.45, 2.75) is 84.1 Å². The fraction of sp³-hybridized carbons (Fsp3) is 0.759. The molecule has 232 valence electrons. The minimum atomic E-state index is -3.85. The first-order valence-electron chi connectivity index (χ1n) is 14.1. The van der Waals surface area contributed by atoms with Gasteiger partial charge in [-0.2, -0.15) is 0 Å². The molecule has 11 heteroatoms. The molecular weight excluding hydrogens is 534 g/mol. The lowest BCUT2D eigenvalue weighted by atomic mass is 9.81. The van der Waals surface area contributed by atoms with Crippen LogP contribution in [0.3, 0.4) is 0 Å². The lowest BCUT2D eigenvalue weighted by Crippen LogP contribution is -2.49. The fourth-order valence-corrected chi connectivity index (χ4v) is 4.67. The van der Waals surface area contributed by atoms with Crippen molar-refractivity contribution in [1.82, 2.24) is 5.32 Å². The molecule has 0 aliphatic rings. The maximum Gasteiger partial charge on any atom is 0.223 e. The van der Waals surface area contributed by atoms with Gasteiger partial charge in [0.05, 0.1) is 24.6 Å². The fourth-order valence-electron chi connectivity index (χ4n) is 4.40. The van der Waals surface area contributed by atoms with Crippen LogP contribution < -0.4 is 25.7 Å². The van der Waals surface area contributed by atoms with Gasteiger partial charge in [-0.05, 0) is 68.6 Å². The van der Waals surface area contributed by atoms with Crippen LogP contribution in [-0.4, -0.2) is 70.3 Å². The van der Waals surface area contributed by atoms with Crippen molar-refractivity contribution < 1.29 is 32.5 Å². The molecule has 40 heavy (non-hydrogen) atoms. The highest BCUT2D eigenvalue weighted by Crippen LogP contribution is 2.32. The van der Waals surface area contributed by atoms with Gasteiger partial charge in [-0.3, -0.25) is 4.79 Å². The predicted molar refractivity (Wildman–Crippen MR) is 159 cm³/mol. The van der Waals surface area contributed by atoms with Crippen LogP contribution in [0.15, 0.2) is 18.2 Å². The second kappa shape index (κ2) is 16.5. The minimum Gasteiger partial charge on any atom is -0.493 e. The molecule has 0 aliphatic heterocycles. The van der Waals surface area contributed by atoms with E-state index in [0.29, 0.717) is 37.1 Å². The number of rotatable bonds is 19. The zero-order valence-electron chi connectivity index (χ0n) is 25.6. The van der Waals surface area contributed by atoms with Gasteiger partial charge >= 0.3 is 0 Å². The van der Waals surface area contributed by atoms with E-state index in [-0.39, 0.29) is 30.7 Å². The van der Waals surface area contributed by atoms with Gasteiger partial charge in [0.25, 0.3) is 0 Å². The van der Waals surface area contributed by atoms with E-state index < -0.39 is 32.8 Å². The third-order valence-corrected chi connectivity index (χ3v) is 9.27. The molecule has 4 atom stereocenters. The molecule has 0 heterocycles. The molecule has 0 aliphatic carbocycles. The van der Waals surface area contributed by atoms with Crippen molar-refractivity contribution in [3.8, 4) is 11.5 Å². The highest BCUT2D eigenvalue weighted by Gasteiger charge is 2.34. The summed E-state index contributed by atoms with van der Waals surface area (Å²) in [7, 11) is -0.577. The van der Waals surface area contributed by atoms with Crippen LogP contribution in [0, 0.1) is 23.7 Å². The Kier molecular flexibility index (Phi) is 14.9. The Morgan fingerprint density at radius 1 is 1.05 bits per heavy atom. The monoisotopic (exact) mass is 587 g/mol. The van der Waals surface area contributed by atoms with E-state index in [9.17, 15) is 18.3 Å². The minimum absolute atomic E-state index is 0.0815. The number of carbonyl (C=O) groups excluding carboxylic acids is 1. The van der Waals surface area contributed by atoms with Gasteiger partial charge in [0.2, 0.25) is 15.9 Å². The van der Waals surface area contributed by atoms with E-state index in [1.54, 1.807) is 14.2 Å². The molecule has 1 amide bonds. The first kappa shape index (κ1) is 36.1. The number of primary sulfonamides is 1. The van der Waals surface area contributed by atoms with Gasteiger partial charge < -0.3 is 30.4 Å². The van der Waals surface area contributed by atoms with Crippen LogP contribution >= 0.6 is 0 Å². The molecule has 0 aromatic heterocycles. The Balaban J connectivity index is 2.89. The van der Waals surface area contributed by atoms with Crippen molar-refractivity contribution in [3.05, 3.63) is 23.8 Å². The summed E-state index contributed by atoms with van der Waals surface area (Å²) in [4.78, 5) is 13.0. The third kappa shape index (κ3) is 11.5. The molecule has 1 rings (SSSR count). The van der Waals surface area contributed by atoms with Crippen molar-refractivity contribution in [1.29, 1.82) is 0 Å². The molecule has 0 saturated heterocycles. The van der Waals surface area contributed by atoms with E-state index >= 15 is 0 Å². The normalized spacial score (nSPS) is 15.5. The molecule has 1 aromatic carbocycles. The van der Waals surface area contributed by atoms with Gasteiger partial charge in [-0.15, -0.1) is 0 Å². The summed E-state index contributed by atoms with van der Waals surface area (Å²) >= 11 is 0. The lowest BCUT2D eigenvalue weighted by molar-refractivity contribution is -0.127. The molecule has 1 aromatic rings. The molecule has 0 fully saturated rings. The van der Waals surface area contributed by atoms with Crippen molar-refractivity contribution >= 4 is 15.9 Å². The standard InChI is InChI=1S/C29H53N3O7S/c1-19(2)22(14-21-10-11-26(38-8)27(15-21)39-13-9-12-37-7)16-24(30)25(33)17-23(20(3)4)28(34)32-18-29(5,6)40(31,35)36/h10-11,15,19-20,22-25,33H,9,12-14,16-18,30H2,1-8H3,(H,32,34)(H2,31,35,36)/t22-,23-,24-,25-/m0/s1. The van der Waals surface area contributed by atoms with E-state index in [4.69, 9.17) is 25.1 Å². The van der Waals surface area contributed by atoms with Gasteiger partial charge in [0.15, 0.2) is 11.5 Å². The Morgan fingerprint density at radius 3 is 2.23 bits per heavy atom. The van der Waals surface area contributed by atoms with Crippen LogP contribution in [-0.2, 0) is 26.0 Å². The predicted octanol–water partition coefficient (Wildman–Crippen LogP) is 2.85. The number of methoxy groups -OCH3 is 2. The Labute approximate surface area is 241 Å². The van der Waals surface area contributed by atoms with Crippen LogP contribution in [0.25, 0.3) is 0 Å². The summed E-state index contributed by atoms with van der Waals surface area (Å²) in [6.45, 7) is 12.0. The van der Waals surface area contributed by atoms with E-state index in [0.717, 1.165) is 18.4 Å². The number of nitrogens with two attached hydrogens (primary N) is 2. The molecule has 0 radical (unpaired) electrons. The zero-order valence-corrected chi connectivity index (χ0v) is 26.4. The molecular formula is C29H53N3O7S. The molecule has 10 nitrogen and oxygen atoms in total. The Bertz CT molecular complexity index is 1010. The average Bonchev–Trinajstić information content (AvgIpc) is 2.86. The molecule has 0 unspecified atom stereocenters.